The van der Waals surface area contributed by atoms with Gasteiger partial charge in [-0.25, -0.2) is 0 Å². The molecule has 1 atom stereocenters. The highest BCUT2D eigenvalue weighted by Gasteiger charge is 2.18. The zero-order chi connectivity index (χ0) is 14.5. The van der Waals surface area contributed by atoms with Crippen LogP contribution in [0.4, 0.5) is 0 Å². The van der Waals surface area contributed by atoms with Gasteiger partial charge in [0.15, 0.2) is 0 Å². The molecule has 0 radical (unpaired) electrons. The van der Waals surface area contributed by atoms with Gasteiger partial charge in [-0.1, -0.05) is 23.8 Å². The van der Waals surface area contributed by atoms with Crippen molar-refractivity contribution in [3.05, 3.63) is 40.9 Å². The van der Waals surface area contributed by atoms with Crippen molar-refractivity contribution < 1.29 is 14.7 Å². The summed E-state index contributed by atoms with van der Waals surface area (Å²) >= 11 is 5.76. The summed E-state index contributed by atoms with van der Waals surface area (Å²) in [6.45, 7) is 0. The van der Waals surface area contributed by atoms with Crippen LogP contribution < -0.4 is 10.9 Å². The lowest BCUT2D eigenvalue weighted by Crippen LogP contribution is -2.44. The molecule has 0 aliphatic heterocycles. The standard InChI is InChI=1S/C14H15ClN2O3/c15-10-6-7-12(18)11(8-10)14(20)17-16-13(19)9-4-2-1-3-5-9/h2,4,6-9,18H,1,3,5H2,(H,16,19)(H,17,20)/t9-/m1/s1. The highest BCUT2D eigenvalue weighted by Crippen LogP contribution is 2.21. The van der Waals surface area contributed by atoms with Gasteiger partial charge in [0.1, 0.15) is 5.75 Å². The van der Waals surface area contributed by atoms with Crippen LogP contribution in [0.15, 0.2) is 30.4 Å². The molecule has 1 aromatic carbocycles. The van der Waals surface area contributed by atoms with Crippen LogP contribution in [0.2, 0.25) is 5.02 Å². The monoisotopic (exact) mass is 294 g/mol. The number of allylic oxidation sites excluding steroid dienone is 1. The number of carbonyl (C=O) groups excluding carboxylic acids is 2. The van der Waals surface area contributed by atoms with E-state index in [0.717, 1.165) is 19.3 Å². The first-order valence-corrected chi connectivity index (χ1v) is 6.71. The number of hydrazine groups is 1. The highest BCUT2D eigenvalue weighted by atomic mass is 35.5. The lowest BCUT2D eigenvalue weighted by Gasteiger charge is -2.16. The number of carbonyl (C=O) groups is 2. The van der Waals surface area contributed by atoms with Crippen LogP contribution in [-0.2, 0) is 4.79 Å². The van der Waals surface area contributed by atoms with Gasteiger partial charge >= 0.3 is 0 Å². The van der Waals surface area contributed by atoms with Crippen LogP contribution in [0.25, 0.3) is 0 Å². The molecule has 0 spiro atoms. The molecule has 20 heavy (non-hydrogen) atoms. The molecule has 106 valence electrons. The molecular formula is C14H15ClN2O3. The number of halogens is 1. The molecule has 0 saturated heterocycles. The molecular weight excluding hydrogens is 280 g/mol. The summed E-state index contributed by atoms with van der Waals surface area (Å²) in [6.07, 6.45) is 6.49. The summed E-state index contributed by atoms with van der Waals surface area (Å²) < 4.78 is 0. The first kappa shape index (κ1) is 14.4. The van der Waals surface area contributed by atoms with Crippen molar-refractivity contribution in [2.45, 2.75) is 19.3 Å². The fourth-order valence-corrected chi connectivity index (χ4v) is 2.17. The zero-order valence-corrected chi connectivity index (χ0v) is 11.5. The van der Waals surface area contributed by atoms with Crippen molar-refractivity contribution in [3.8, 4) is 5.75 Å². The number of phenolic OH excluding ortho intramolecular Hbond substituents is 1. The van der Waals surface area contributed by atoms with E-state index < -0.39 is 5.91 Å². The topological polar surface area (TPSA) is 78.4 Å². The first-order valence-electron chi connectivity index (χ1n) is 6.33. The smallest absolute Gasteiger partial charge is 0.273 e. The molecule has 5 nitrogen and oxygen atoms in total. The molecule has 3 N–H and O–H groups in total. The SMILES string of the molecule is O=C(NNC(=O)[C@@H]1C=CCCC1)c1cc(Cl)ccc1O. The van der Waals surface area contributed by atoms with Crippen LogP contribution in [0.5, 0.6) is 5.75 Å². The Morgan fingerprint density at radius 3 is 2.80 bits per heavy atom. The molecule has 2 rings (SSSR count). The van der Waals surface area contributed by atoms with E-state index in [1.165, 1.54) is 18.2 Å². The third-order valence-electron chi connectivity index (χ3n) is 3.09. The molecule has 6 heteroatoms. The fourth-order valence-electron chi connectivity index (χ4n) is 2.00. The Labute approximate surface area is 121 Å². The maximum Gasteiger partial charge on any atom is 0.273 e. The van der Waals surface area contributed by atoms with E-state index in [0.29, 0.717) is 5.02 Å². The van der Waals surface area contributed by atoms with Gasteiger partial charge in [0.05, 0.1) is 11.5 Å². The van der Waals surface area contributed by atoms with E-state index in [-0.39, 0.29) is 23.1 Å². The molecule has 1 aromatic rings. The molecule has 0 fully saturated rings. The summed E-state index contributed by atoms with van der Waals surface area (Å²) in [5, 5.41) is 9.90. The number of hydrogen-bond acceptors (Lipinski definition) is 3. The van der Waals surface area contributed by atoms with E-state index in [1.54, 1.807) is 0 Å². The Morgan fingerprint density at radius 1 is 1.30 bits per heavy atom. The van der Waals surface area contributed by atoms with Crippen LogP contribution in [0.1, 0.15) is 29.6 Å². The second-order valence-electron chi connectivity index (χ2n) is 4.57. The van der Waals surface area contributed by atoms with Gasteiger partial charge in [-0.15, -0.1) is 0 Å². The quantitative estimate of drug-likeness (QED) is 0.578. The van der Waals surface area contributed by atoms with E-state index in [4.69, 9.17) is 11.6 Å². The highest BCUT2D eigenvalue weighted by molar-refractivity contribution is 6.31. The zero-order valence-electron chi connectivity index (χ0n) is 10.7. The molecule has 0 saturated carbocycles. The minimum Gasteiger partial charge on any atom is -0.507 e. The average molecular weight is 295 g/mol. The number of phenols is 1. The normalized spacial score (nSPS) is 17.6. The Bertz CT molecular complexity index is 557. The maximum atomic E-state index is 11.8. The number of aromatic hydroxyl groups is 1. The van der Waals surface area contributed by atoms with E-state index in [9.17, 15) is 14.7 Å². The Kier molecular flexibility index (Phi) is 4.63. The van der Waals surface area contributed by atoms with Crippen LogP contribution in [0, 0.1) is 5.92 Å². The first-order chi connectivity index (χ1) is 9.58. The summed E-state index contributed by atoms with van der Waals surface area (Å²) in [4.78, 5) is 23.7. The molecule has 2 amide bonds. The number of amides is 2. The average Bonchev–Trinajstić information content (AvgIpc) is 2.47. The number of benzene rings is 1. The second-order valence-corrected chi connectivity index (χ2v) is 5.01. The van der Waals surface area contributed by atoms with Crippen LogP contribution in [-0.4, -0.2) is 16.9 Å². The Hall–Kier alpha value is -2.01. The molecule has 0 bridgehead atoms. The van der Waals surface area contributed by atoms with Gasteiger partial charge in [0.2, 0.25) is 5.91 Å². The van der Waals surface area contributed by atoms with Crippen molar-refractivity contribution in [1.82, 2.24) is 10.9 Å². The minimum atomic E-state index is -0.613. The predicted octanol–water partition coefficient (Wildman–Crippen LogP) is 2.16. The van der Waals surface area contributed by atoms with Gasteiger partial charge < -0.3 is 5.11 Å². The Balaban J connectivity index is 1.95. The number of rotatable bonds is 2. The van der Waals surface area contributed by atoms with Gasteiger partial charge in [-0.05, 0) is 37.5 Å². The molecule has 0 heterocycles. The van der Waals surface area contributed by atoms with Crippen molar-refractivity contribution in [3.63, 3.8) is 0 Å². The predicted molar refractivity (Wildman–Crippen MR) is 75.2 cm³/mol. The molecule has 1 aliphatic carbocycles. The summed E-state index contributed by atoms with van der Waals surface area (Å²) in [6, 6.07) is 4.13. The van der Waals surface area contributed by atoms with Crippen molar-refractivity contribution in [2.75, 3.05) is 0 Å². The van der Waals surface area contributed by atoms with E-state index in [2.05, 4.69) is 10.9 Å². The van der Waals surface area contributed by atoms with E-state index >= 15 is 0 Å². The van der Waals surface area contributed by atoms with Gasteiger partial charge in [-0.2, -0.15) is 0 Å². The lowest BCUT2D eigenvalue weighted by molar-refractivity contribution is -0.124. The lowest BCUT2D eigenvalue weighted by atomic mass is 9.95. The maximum absolute atomic E-state index is 11.8. The van der Waals surface area contributed by atoms with Gasteiger partial charge in [-0.3, -0.25) is 20.4 Å². The number of nitrogens with one attached hydrogen (secondary N) is 2. The van der Waals surface area contributed by atoms with Crippen LogP contribution >= 0.6 is 11.6 Å². The molecule has 0 aromatic heterocycles. The van der Waals surface area contributed by atoms with Crippen molar-refractivity contribution in [1.29, 1.82) is 0 Å². The fraction of sp³-hybridized carbons (Fsp3) is 0.286. The van der Waals surface area contributed by atoms with Crippen molar-refractivity contribution in [2.24, 2.45) is 5.92 Å². The Morgan fingerprint density at radius 2 is 2.10 bits per heavy atom. The molecule has 1 aliphatic rings. The third kappa shape index (κ3) is 3.51. The van der Waals surface area contributed by atoms with E-state index in [1.807, 2.05) is 12.2 Å². The largest absolute Gasteiger partial charge is 0.507 e. The summed E-state index contributed by atoms with van der Waals surface area (Å²) in [5.74, 6) is -1.30. The summed E-state index contributed by atoms with van der Waals surface area (Å²) in [5.41, 5.74) is 4.64. The number of hydrogen-bond donors (Lipinski definition) is 3. The minimum absolute atomic E-state index is 0.0111. The van der Waals surface area contributed by atoms with Gasteiger partial charge in [0, 0.05) is 5.02 Å². The third-order valence-corrected chi connectivity index (χ3v) is 3.33. The van der Waals surface area contributed by atoms with Gasteiger partial charge in [0.25, 0.3) is 5.91 Å². The second kappa shape index (κ2) is 6.43. The molecule has 0 unspecified atom stereocenters. The van der Waals surface area contributed by atoms with Crippen molar-refractivity contribution >= 4 is 23.4 Å². The van der Waals surface area contributed by atoms with Crippen LogP contribution in [0.3, 0.4) is 0 Å². The summed E-state index contributed by atoms with van der Waals surface area (Å²) in [7, 11) is 0.